The van der Waals surface area contributed by atoms with Crippen molar-refractivity contribution in [3.63, 3.8) is 0 Å². The quantitative estimate of drug-likeness (QED) is 0.463. The Morgan fingerprint density at radius 1 is 1.06 bits per heavy atom. The smallest absolute Gasteiger partial charge is 0.407 e. The van der Waals surface area contributed by atoms with Crippen LogP contribution in [0.3, 0.4) is 0 Å². The molecule has 6 nitrogen and oxygen atoms in total. The summed E-state index contributed by atoms with van der Waals surface area (Å²) in [5.74, 6) is 0.362. The van der Waals surface area contributed by atoms with Crippen LogP contribution in [0.5, 0.6) is 5.75 Å². The molecule has 188 valence electrons. The Bertz CT molecular complexity index is 1230. The molecule has 0 atom stereocenters. The molecule has 36 heavy (non-hydrogen) atoms. The molecule has 0 radical (unpaired) electrons. The van der Waals surface area contributed by atoms with E-state index in [2.05, 4.69) is 5.32 Å². The standard InChI is InChI=1S/C29H31FN2O4/c1-29(2,3)36-28(34)31-19-22-6-4-5-7-25(22)27(33)32(16-14-20-8-10-23(30)11-9-20)24-12-13-26-21(18-24)15-17-35-26/h4-13,18H,14-17,19H2,1-3H3,(H,31,34). The third-order valence-electron chi connectivity index (χ3n) is 5.84. The lowest BCUT2D eigenvalue weighted by Crippen LogP contribution is -2.35. The number of halogens is 1. The van der Waals surface area contributed by atoms with Crippen molar-refractivity contribution in [2.45, 2.75) is 45.8 Å². The molecule has 0 bridgehead atoms. The van der Waals surface area contributed by atoms with Gasteiger partial charge in [0, 0.05) is 30.8 Å². The van der Waals surface area contributed by atoms with E-state index in [0.717, 1.165) is 29.0 Å². The Balaban J connectivity index is 1.59. The van der Waals surface area contributed by atoms with Gasteiger partial charge in [-0.05, 0) is 80.3 Å². The first-order valence-corrected chi connectivity index (χ1v) is 12.1. The summed E-state index contributed by atoms with van der Waals surface area (Å²) in [6, 6.07) is 19.3. The maximum atomic E-state index is 13.9. The van der Waals surface area contributed by atoms with E-state index in [-0.39, 0.29) is 18.3 Å². The zero-order chi connectivity index (χ0) is 25.7. The van der Waals surface area contributed by atoms with Gasteiger partial charge in [0.2, 0.25) is 0 Å². The van der Waals surface area contributed by atoms with Crippen LogP contribution in [0.15, 0.2) is 66.7 Å². The fourth-order valence-corrected chi connectivity index (χ4v) is 4.09. The van der Waals surface area contributed by atoms with E-state index in [0.29, 0.717) is 30.7 Å². The molecule has 1 aliphatic heterocycles. The van der Waals surface area contributed by atoms with Crippen LogP contribution in [0.1, 0.15) is 47.8 Å². The van der Waals surface area contributed by atoms with Gasteiger partial charge in [-0.1, -0.05) is 30.3 Å². The predicted molar refractivity (Wildman–Crippen MR) is 137 cm³/mol. The third kappa shape index (κ3) is 6.42. The minimum absolute atomic E-state index is 0.153. The number of anilines is 1. The maximum absolute atomic E-state index is 13.9. The number of amides is 2. The summed E-state index contributed by atoms with van der Waals surface area (Å²) in [5, 5.41) is 2.74. The number of alkyl carbamates (subject to hydrolysis) is 1. The maximum Gasteiger partial charge on any atom is 0.407 e. The first-order chi connectivity index (χ1) is 17.2. The molecule has 0 spiro atoms. The minimum atomic E-state index is -0.617. The normalized spacial score (nSPS) is 12.4. The molecule has 7 heteroatoms. The van der Waals surface area contributed by atoms with Crippen molar-refractivity contribution in [2.24, 2.45) is 0 Å². The lowest BCUT2D eigenvalue weighted by atomic mass is 10.0. The molecular formula is C29H31FN2O4. The van der Waals surface area contributed by atoms with Crippen LogP contribution in [0.25, 0.3) is 0 Å². The highest BCUT2D eigenvalue weighted by atomic mass is 19.1. The summed E-state index contributed by atoms with van der Waals surface area (Å²) >= 11 is 0. The van der Waals surface area contributed by atoms with Crippen molar-refractivity contribution >= 4 is 17.7 Å². The van der Waals surface area contributed by atoms with Crippen LogP contribution in [0.2, 0.25) is 0 Å². The molecule has 0 fully saturated rings. The number of hydrogen-bond donors (Lipinski definition) is 1. The molecule has 3 aromatic carbocycles. The highest BCUT2D eigenvalue weighted by Gasteiger charge is 2.23. The first kappa shape index (κ1) is 25.2. The Morgan fingerprint density at radius 2 is 1.81 bits per heavy atom. The second-order valence-electron chi connectivity index (χ2n) is 9.74. The second-order valence-corrected chi connectivity index (χ2v) is 9.74. The Hall–Kier alpha value is -3.87. The molecule has 4 rings (SSSR count). The van der Waals surface area contributed by atoms with Crippen molar-refractivity contribution in [3.05, 3.63) is 94.8 Å². The number of fused-ring (bicyclic) bond motifs is 1. The zero-order valence-electron chi connectivity index (χ0n) is 20.8. The molecule has 0 aliphatic carbocycles. The Labute approximate surface area is 211 Å². The van der Waals surface area contributed by atoms with Gasteiger partial charge >= 0.3 is 6.09 Å². The number of carbonyl (C=O) groups excluding carboxylic acids is 2. The minimum Gasteiger partial charge on any atom is -0.493 e. The molecule has 1 N–H and O–H groups in total. The number of benzene rings is 3. The predicted octanol–water partition coefficient (Wildman–Crippen LogP) is 5.67. The monoisotopic (exact) mass is 490 g/mol. The molecule has 1 heterocycles. The fourth-order valence-electron chi connectivity index (χ4n) is 4.09. The Kier molecular flexibility index (Phi) is 7.58. The summed E-state index contributed by atoms with van der Waals surface area (Å²) in [6.45, 7) is 6.57. The van der Waals surface area contributed by atoms with Crippen LogP contribution >= 0.6 is 0 Å². The van der Waals surface area contributed by atoms with E-state index in [9.17, 15) is 14.0 Å². The number of ether oxygens (including phenoxy) is 2. The second kappa shape index (κ2) is 10.8. The molecular weight excluding hydrogens is 459 g/mol. The van der Waals surface area contributed by atoms with Crippen LogP contribution in [-0.4, -0.2) is 30.8 Å². The van der Waals surface area contributed by atoms with Crippen molar-refractivity contribution in [1.29, 1.82) is 0 Å². The van der Waals surface area contributed by atoms with Crippen molar-refractivity contribution < 1.29 is 23.5 Å². The van der Waals surface area contributed by atoms with E-state index < -0.39 is 11.7 Å². The molecule has 0 saturated carbocycles. The van der Waals surface area contributed by atoms with Crippen molar-refractivity contribution in [1.82, 2.24) is 5.32 Å². The molecule has 1 aliphatic rings. The highest BCUT2D eigenvalue weighted by molar-refractivity contribution is 6.07. The topological polar surface area (TPSA) is 67.9 Å². The lowest BCUT2D eigenvalue weighted by molar-refractivity contribution is 0.0523. The number of hydrogen-bond acceptors (Lipinski definition) is 4. The van der Waals surface area contributed by atoms with Crippen LogP contribution in [-0.2, 0) is 24.1 Å². The Morgan fingerprint density at radius 3 is 2.56 bits per heavy atom. The molecule has 0 aromatic heterocycles. The zero-order valence-corrected chi connectivity index (χ0v) is 20.8. The van der Waals surface area contributed by atoms with Gasteiger partial charge in [0.15, 0.2) is 0 Å². The summed E-state index contributed by atoms with van der Waals surface area (Å²) < 4.78 is 24.3. The van der Waals surface area contributed by atoms with E-state index in [4.69, 9.17) is 9.47 Å². The SMILES string of the molecule is CC(C)(C)OC(=O)NCc1ccccc1C(=O)N(CCc1ccc(F)cc1)c1ccc2c(c1)CCO2. The number of nitrogens with zero attached hydrogens (tertiary/aromatic N) is 1. The molecule has 0 unspecified atom stereocenters. The van der Waals surface area contributed by atoms with Crippen LogP contribution < -0.4 is 15.0 Å². The molecule has 0 saturated heterocycles. The third-order valence-corrected chi connectivity index (χ3v) is 5.84. The largest absolute Gasteiger partial charge is 0.493 e. The fraction of sp³-hybridized carbons (Fsp3) is 0.310. The molecule has 2 amide bonds. The average Bonchev–Trinajstić information content (AvgIpc) is 3.31. The van der Waals surface area contributed by atoms with Gasteiger partial charge in [-0.25, -0.2) is 9.18 Å². The summed E-state index contributed by atoms with van der Waals surface area (Å²) in [7, 11) is 0. The van der Waals surface area contributed by atoms with Gasteiger partial charge in [0.25, 0.3) is 5.91 Å². The van der Waals surface area contributed by atoms with E-state index in [1.165, 1.54) is 12.1 Å². The van der Waals surface area contributed by atoms with E-state index >= 15 is 0 Å². The van der Waals surface area contributed by atoms with Gasteiger partial charge in [-0.3, -0.25) is 4.79 Å². The summed E-state index contributed by atoms with van der Waals surface area (Å²) in [4.78, 5) is 27.8. The van der Waals surface area contributed by atoms with Crippen molar-refractivity contribution in [2.75, 3.05) is 18.1 Å². The van der Waals surface area contributed by atoms with Gasteiger partial charge in [0.1, 0.15) is 17.2 Å². The van der Waals surface area contributed by atoms with Gasteiger partial charge in [-0.15, -0.1) is 0 Å². The van der Waals surface area contributed by atoms with Gasteiger partial charge in [-0.2, -0.15) is 0 Å². The summed E-state index contributed by atoms with van der Waals surface area (Å²) in [6.07, 6.45) is 0.800. The van der Waals surface area contributed by atoms with E-state index in [1.807, 2.05) is 30.3 Å². The van der Waals surface area contributed by atoms with Gasteiger partial charge in [0.05, 0.1) is 6.61 Å². The number of rotatable bonds is 7. The van der Waals surface area contributed by atoms with E-state index in [1.54, 1.807) is 49.9 Å². The van der Waals surface area contributed by atoms with Crippen LogP contribution in [0, 0.1) is 5.82 Å². The lowest BCUT2D eigenvalue weighted by Gasteiger charge is -2.25. The highest BCUT2D eigenvalue weighted by Crippen LogP contribution is 2.30. The van der Waals surface area contributed by atoms with Gasteiger partial charge < -0.3 is 19.7 Å². The number of nitrogens with one attached hydrogen (secondary N) is 1. The first-order valence-electron chi connectivity index (χ1n) is 12.1. The summed E-state index contributed by atoms with van der Waals surface area (Å²) in [5.41, 5.74) is 3.31. The van der Waals surface area contributed by atoms with Crippen molar-refractivity contribution in [3.8, 4) is 5.75 Å². The van der Waals surface area contributed by atoms with Crippen LogP contribution in [0.4, 0.5) is 14.9 Å². The molecule has 3 aromatic rings. The average molecular weight is 491 g/mol. The number of carbonyl (C=O) groups is 2.